The van der Waals surface area contributed by atoms with Crippen LogP contribution in [0.1, 0.15) is 29.5 Å². The van der Waals surface area contributed by atoms with E-state index in [4.69, 9.17) is 4.74 Å². The zero-order chi connectivity index (χ0) is 22.9. The molecular weight excluding hydrogens is 432 g/mol. The molecule has 168 valence electrons. The highest BCUT2D eigenvalue weighted by Gasteiger charge is 2.45. The number of hydrogen-bond donors (Lipinski definition) is 0. The number of carbonyl (C=O) groups is 1. The SMILES string of the molecule is N#Cc1cncc2c1OCCN(C(=O)C1(F)CCN(c3ncc(C(F)(F)F)cn3)CC1)C2. The molecule has 32 heavy (non-hydrogen) atoms. The lowest BCUT2D eigenvalue weighted by molar-refractivity contribution is -0.146. The van der Waals surface area contributed by atoms with Crippen LogP contribution in [-0.4, -0.2) is 57.7 Å². The number of fused-ring (bicyclic) bond motifs is 1. The highest BCUT2D eigenvalue weighted by molar-refractivity contribution is 5.85. The molecule has 1 saturated heterocycles. The lowest BCUT2D eigenvalue weighted by Gasteiger charge is -2.37. The topological polar surface area (TPSA) is 95.2 Å². The minimum Gasteiger partial charge on any atom is -0.490 e. The lowest BCUT2D eigenvalue weighted by atomic mass is 9.91. The maximum atomic E-state index is 15.6. The van der Waals surface area contributed by atoms with Gasteiger partial charge in [0.15, 0.2) is 5.67 Å². The van der Waals surface area contributed by atoms with Crippen molar-refractivity contribution in [1.82, 2.24) is 19.9 Å². The van der Waals surface area contributed by atoms with Gasteiger partial charge >= 0.3 is 6.18 Å². The second-order valence-corrected chi connectivity index (χ2v) is 7.58. The van der Waals surface area contributed by atoms with Crippen molar-refractivity contribution in [2.45, 2.75) is 31.2 Å². The standard InChI is InChI=1S/C20H18F4N6O2/c21-19(1-3-29(4-2-19)18-27-10-15(11-28-18)20(22,23)24)17(31)30-5-6-32-16-13(7-25)8-26-9-14(16)12-30/h8-11H,1-6,12H2. The summed E-state index contributed by atoms with van der Waals surface area (Å²) in [6.45, 7) is 0.478. The van der Waals surface area contributed by atoms with Crippen LogP contribution in [0.15, 0.2) is 24.8 Å². The van der Waals surface area contributed by atoms with E-state index in [-0.39, 0.29) is 57.1 Å². The number of hydrogen-bond acceptors (Lipinski definition) is 7. The monoisotopic (exact) mass is 450 g/mol. The summed E-state index contributed by atoms with van der Waals surface area (Å²) >= 11 is 0. The minimum absolute atomic E-state index is 0.0553. The van der Waals surface area contributed by atoms with Gasteiger partial charge in [-0.15, -0.1) is 0 Å². The molecule has 0 N–H and O–H groups in total. The summed E-state index contributed by atoms with van der Waals surface area (Å²) in [6.07, 6.45) is -0.636. The number of carbonyl (C=O) groups excluding carboxylic acids is 1. The number of alkyl halides is 4. The lowest BCUT2D eigenvalue weighted by Crippen LogP contribution is -2.53. The Kier molecular flexibility index (Phi) is 5.58. The van der Waals surface area contributed by atoms with Gasteiger partial charge in [0.1, 0.15) is 24.0 Å². The molecule has 1 amide bonds. The summed E-state index contributed by atoms with van der Waals surface area (Å²) in [5, 5.41) is 9.20. The number of nitriles is 1. The number of pyridine rings is 1. The van der Waals surface area contributed by atoms with Gasteiger partial charge in [-0.3, -0.25) is 9.78 Å². The number of ether oxygens (including phenoxy) is 1. The van der Waals surface area contributed by atoms with Crippen LogP contribution in [0, 0.1) is 11.3 Å². The first-order valence-corrected chi connectivity index (χ1v) is 9.83. The smallest absolute Gasteiger partial charge is 0.419 e. The summed E-state index contributed by atoms with van der Waals surface area (Å²) in [5.74, 6) is -0.288. The highest BCUT2D eigenvalue weighted by Crippen LogP contribution is 2.34. The van der Waals surface area contributed by atoms with E-state index in [0.29, 0.717) is 23.7 Å². The molecule has 2 aliphatic rings. The molecular formula is C20H18F4N6O2. The Balaban J connectivity index is 1.43. The van der Waals surface area contributed by atoms with Crippen LogP contribution < -0.4 is 9.64 Å². The Morgan fingerprint density at radius 1 is 1.12 bits per heavy atom. The van der Waals surface area contributed by atoms with Crippen LogP contribution in [0.5, 0.6) is 5.75 Å². The van der Waals surface area contributed by atoms with E-state index in [1.165, 1.54) is 17.3 Å². The summed E-state index contributed by atoms with van der Waals surface area (Å²) in [7, 11) is 0. The number of piperidine rings is 1. The molecule has 0 spiro atoms. The van der Waals surface area contributed by atoms with Crippen molar-refractivity contribution >= 4 is 11.9 Å². The maximum absolute atomic E-state index is 15.6. The Bertz CT molecular complexity index is 1050. The molecule has 2 aromatic heterocycles. The van der Waals surface area contributed by atoms with Gasteiger partial charge in [0.05, 0.1) is 18.7 Å². The van der Waals surface area contributed by atoms with Crippen molar-refractivity contribution in [3.05, 3.63) is 41.5 Å². The third-order valence-electron chi connectivity index (χ3n) is 5.53. The number of anilines is 1. The fraction of sp³-hybridized carbons (Fsp3) is 0.450. The Labute approximate surface area is 180 Å². The first-order valence-electron chi connectivity index (χ1n) is 9.83. The van der Waals surface area contributed by atoms with Crippen LogP contribution in [0.3, 0.4) is 0 Å². The van der Waals surface area contributed by atoms with Gasteiger partial charge in [0.2, 0.25) is 5.95 Å². The van der Waals surface area contributed by atoms with Crippen LogP contribution in [0.2, 0.25) is 0 Å². The number of rotatable bonds is 2. The summed E-state index contributed by atoms with van der Waals surface area (Å²) in [4.78, 5) is 27.4. The molecule has 0 aliphatic carbocycles. The van der Waals surface area contributed by atoms with Gasteiger partial charge in [-0.1, -0.05) is 0 Å². The largest absolute Gasteiger partial charge is 0.490 e. The molecule has 4 heterocycles. The average Bonchev–Trinajstić information content (AvgIpc) is 3.01. The molecule has 2 aliphatic heterocycles. The van der Waals surface area contributed by atoms with Crippen molar-refractivity contribution in [3.63, 3.8) is 0 Å². The number of nitrogens with zero attached hydrogens (tertiary/aromatic N) is 6. The first kappa shape index (κ1) is 21.7. The Morgan fingerprint density at radius 3 is 2.44 bits per heavy atom. The molecule has 0 unspecified atom stereocenters. The number of aromatic nitrogens is 3. The van der Waals surface area contributed by atoms with Crippen molar-refractivity contribution in [1.29, 1.82) is 5.26 Å². The van der Waals surface area contributed by atoms with Gasteiger partial charge in [-0.25, -0.2) is 14.4 Å². The molecule has 1 fully saturated rings. The molecule has 12 heteroatoms. The number of amides is 1. The van der Waals surface area contributed by atoms with Crippen LogP contribution in [0.4, 0.5) is 23.5 Å². The Hall–Kier alpha value is -3.49. The van der Waals surface area contributed by atoms with Crippen LogP contribution >= 0.6 is 0 Å². The predicted octanol–water partition coefficient (Wildman–Crippen LogP) is 2.49. The van der Waals surface area contributed by atoms with E-state index < -0.39 is 23.3 Å². The summed E-state index contributed by atoms with van der Waals surface area (Å²) < 4.78 is 59.2. The van der Waals surface area contributed by atoms with Gasteiger partial charge in [-0.2, -0.15) is 18.4 Å². The van der Waals surface area contributed by atoms with Gasteiger partial charge in [0.25, 0.3) is 5.91 Å². The van der Waals surface area contributed by atoms with Crippen LogP contribution in [-0.2, 0) is 17.5 Å². The second kappa shape index (κ2) is 8.22. The average molecular weight is 450 g/mol. The van der Waals surface area contributed by atoms with Crippen molar-refractivity contribution in [2.75, 3.05) is 31.1 Å². The van der Waals surface area contributed by atoms with Gasteiger partial charge in [-0.05, 0) is 0 Å². The second-order valence-electron chi connectivity index (χ2n) is 7.58. The maximum Gasteiger partial charge on any atom is 0.419 e. The number of halogens is 4. The van der Waals surface area contributed by atoms with E-state index in [2.05, 4.69) is 15.0 Å². The van der Waals surface area contributed by atoms with Crippen LogP contribution in [0.25, 0.3) is 0 Å². The van der Waals surface area contributed by atoms with Gasteiger partial charge in [0, 0.05) is 56.3 Å². The summed E-state index contributed by atoms with van der Waals surface area (Å²) in [5.41, 5.74) is -2.33. The molecule has 0 saturated carbocycles. The van der Waals surface area contributed by atoms with E-state index in [0.717, 1.165) is 0 Å². The van der Waals surface area contributed by atoms with E-state index in [1.807, 2.05) is 6.07 Å². The molecule has 0 radical (unpaired) electrons. The minimum atomic E-state index is -4.54. The summed E-state index contributed by atoms with van der Waals surface area (Å²) in [6, 6.07) is 1.99. The first-order chi connectivity index (χ1) is 15.2. The third-order valence-corrected chi connectivity index (χ3v) is 5.53. The quantitative estimate of drug-likeness (QED) is 0.649. The molecule has 0 bridgehead atoms. The molecule has 0 atom stereocenters. The molecule has 2 aromatic rings. The molecule has 4 rings (SSSR count). The Morgan fingerprint density at radius 2 is 1.81 bits per heavy atom. The van der Waals surface area contributed by atoms with Crippen molar-refractivity contribution in [2.24, 2.45) is 0 Å². The fourth-order valence-corrected chi connectivity index (χ4v) is 3.76. The fourth-order valence-electron chi connectivity index (χ4n) is 3.76. The highest BCUT2D eigenvalue weighted by atomic mass is 19.4. The predicted molar refractivity (Wildman–Crippen MR) is 102 cm³/mol. The zero-order valence-electron chi connectivity index (χ0n) is 16.8. The van der Waals surface area contributed by atoms with Crippen molar-refractivity contribution in [3.8, 4) is 11.8 Å². The molecule has 8 nitrogen and oxygen atoms in total. The van der Waals surface area contributed by atoms with Crippen molar-refractivity contribution < 1.29 is 27.1 Å². The van der Waals surface area contributed by atoms with E-state index in [9.17, 15) is 23.2 Å². The molecule has 0 aromatic carbocycles. The third kappa shape index (κ3) is 4.15. The van der Waals surface area contributed by atoms with E-state index >= 15 is 4.39 Å². The van der Waals surface area contributed by atoms with Gasteiger partial charge < -0.3 is 14.5 Å². The normalized spacial score (nSPS) is 18.2. The van der Waals surface area contributed by atoms with E-state index in [1.54, 1.807) is 4.90 Å². The zero-order valence-corrected chi connectivity index (χ0v) is 16.8.